The van der Waals surface area contributed by atoms with Crippen LogP contribution in [0.3, 0.4) is 0 Å². The van der Waals surface area contributed by atoms with E-state index in [1.165, 1.54) is 6.07 Å². The third-order valence-corrected chi connectivity index (χ3v) is 2.53. The fraction of sp³-hybridized carbons (Fsp3) is 0.417. The Kier molecular flexibility index (Phi) is 3.90. The van der Waals surface area contributed by atoms with Gasteiger partial charge in [0, 0.05) is 11.6 Å². The summed E-state index contributed by atoms with van der Waals surface area (Å²) in [6, 6.07) is 4.61. The zero-order chi connectivity index (χ0) is 12.3. The summed E-state index contributed by atoms with van der Waals surface area (Å²) in [4.78, 5) is 10.5. The second-order valence-corrected chi connectivity index (χ2v) is 4.23. The third-order valence-electron chi connectivity index (χ3n) is 2.53. The van der Waals surface area contributed by atoms with E-state index in [4.69, 9.17) is 10.8 Å². The van der Waals surface area contributed by atoms with E-state index < -0.39 is 5.97 Å². The van der Waals surface area contributed by atoms with E-state index in [1.54, 1.807) is 12.1 Å². The minimum Gasteiger partial charge on any atom is -0.508 e. The van der Waals surface area contributed by atoms with Gasteiger partial charge >= 0.3 is 5.97 Å². The largest absolute Gasteiger partial charge is 0.508 e. The summed E-state index contributed by atoms with van der Waals surface area (Å²) in [5.74, 6) is -0.628. The Morgan fingerprint density at radius 1 is 1.44 bits per heavy atom. The molecule has 0 amide bonds. The maximum absolute atomic E-state index is 10.5. The summed E-state index contributed by atoms with van der Waals surface area (Å²) in [6.45, 7) is 3.94. The summed E-state index contributed by atoms with van der Waals surface area (Å²) in [5, 5.41) is 18.4. The molecule has 1 aromatic carbocycles. The number of nitrogens with two attached hydrogens (primary N) is 1. The summed E-state index contributed by atoms with van der Waals surface area (Å²) >= 11 is 0. The fourth-order valence-electron chi connectivity index (χ4n) is 1.51. The highest BCUT2D eigenvalue weighted by atomic mass is 16.4. The molecule has 16 heavy (non-hydrogen) atoms. The molecule has 4 nitrogen and oxygen atoms in total. The number of hydrogen-bond donors (Lipinski definition) is 3. The van der Waals surface area contributed by atoms with E-state index in [9.17, 15) is 9.90 Å². The van der Waals surface area contributed by atoms with Gasteiger partial charge in [-0.15, -0.1) is 0 Å². The second kappa shape index (κ2) is 4.99. The highest BCUT2D eigenvalue weighted by Gasteiger charge is 2.15. The lowest BCUT2D eigenvalue weighted by Crippen LogP contribution is -2.16. The van der Waals surface area contributed by atoms with Crippen LogP contribution in [0.4, 0.5) is 0 Å². The predicted molar refractivity (Wildman–Crippen MR) is 61.2 cm³/mol. The zero-order valence-electron chi connectivity index (χ0n) is 9.47. The van der Waals surface area contributed by atoms with Gasteiger partial charge in [-0.2, -0.15) is 0 Å². The first-order valence-corrected chi connectivity index (χ1v) is 5.21. The Morgan fingerprint density at radius 2 is 2.06 bits per heavy atom. The first-order chi connectivity index (χ1) is 7.41. The van der Waals surface area contributed by atoms with Gasteiger partial charge in [0.05, 0.1) is 6.42 Å². The van der Waals surface area contributed by atoms with Gasteiger partial charge in [0.2, 0.25) is 0 Å². The van der Waals surface area contributed by atoms with E-state index in [1.807, 2.05) is 13.8 Å². The molecule has 0 aliphatic rings. The highest BCUT2D eigenvalue weighted by molar-refractivity contribution is 5.70. The van der Waals surface area contributed by atoms with Crippen LogP contribution in [0.15, 0.2) is 18.2 Å². The molecule has 0 spiro atoms. The van der Waals surface area contributed by atoms with Gasteiger partial charge in [0.1, 0.15) is 5.75 Å². The summed E-state index contributed by atoms with van der Waals surface area (Å²) < 4.78 is 0. The number of hydrogen-bond acceptors (Lipinski definition) is 3. The minimum absolute atomic E-state index is 0.0694. The first-order valence-electron chi connectivity index (χ1n) is 5.21. The molecule has 1 aromatic rings. The molecule has 0 heterocycles. The second-order valence-electron chi connectivity index (χ2n) is 4.23. The number of aromatic hydroxyl groups is 1. The zero-order valence-corrected chi connectivity index (χ0v) is 9.47. The van der Waals surface area contributed by atoms with Crippen LogP contribution in [-0.2, 0) is 11.2 Å². The lowest BCUT2D eigenvalue weighted by Gasteiger charge is -2.17. The molecule has 0 saturated carbocycles. The van der Waals surface area contributed by atoms with Gasteiger partial charge in [-0.25, -0.2) is 0 Å². The molecular weight excluding hydrogens is 206 g/mol. The molecule has 4 N–H and O–H groups in total. The molecule has 0 fully saturated rings. The molecule has 0 unspecified atom stereocenters. The number of phenols is 1. The quantitative estimate of drug-likeness (QED) is 0.725. The summed E-state index contributed by atoms with van der Waals surface area (Å²) in [5.41, 5.74) is 7.14. The molecule has 0 radical (unpaired) electrons. The molecule has 0 bridgehead atoms. The number of carbonyl (C=O) groups is 1. The Bertz CT molecular complexity index is 388. The molecule has 4 heteroatoms. The molecule has 88 valence electrons. The van der Waals surface area contributed by atoms with Crippen LogP contribution in [0, 0.1) is 5.92 Å². The minimum atomic E-state index is -0.916. The monoisotopic (exact) mass is 223 g/mol. The lowest BCUT2D eigenvalue weighted by atomic mass is 9.95. The van der Waals surface area contributed by atoms with E-state index in [2.05, 4.69) is 0 Å². The lowest BCUT2D eigenvalue weighted by molar-refractivity contribution is -0.136. The average Bonchev–Trinajstić information content (AvgIpc) is 2.15. The van der Waals surface area contributed by atoms with Crippen LogP contribution in [0.2, 0.25) is 0 Å². The number of aliphatic carboxylic acids is 1. The average molecular weight is 223 g/mol. The van der Waals surface area contributed by atoms with Crippen molar-refractivity contribution in [2.24, 2.45) is 11.7 Å². The Morgan fingerprint density at radius 3 is 2.50 bits per heavy atom. The normalized spacial score (nSPS) is 12.8. The maximum Gasteiger partial charge on any atom is 0.307 e. The number of carboxylic acid groups (broad SMARTS) is 1. The number of carboxylic acids is 1. The van der Waals surface area contributed by atoms with Crippen LogP contribution in [-0.4, -0.2) is 16.2 Å². The van der Waals surface area contributed by atoms with Crippen molar-refractivity contribution >= 4 is 5.97 Å². The van der Waals surface area contributed by atoms with Gasteiger partial charge in [-0.1, -0.05) is 26.0 Å². The molecule has 0 aliphatic carbocycles. The number of rotatable bonds is 4. The fourth-order valence-corrected chi connectivity index (χ4v) is 1.51. The van der Waals surface area contributed by atoms with E-state index in [0.29, 0.717) is 11.1 Å². The SMILES string of the molecule is CC(C)[C@H](N)c1ccc(CC(=O)O)cc1O. The van der Waals surface area contributed by atoms with Gasteiger partial charge in [-0.05, 0) is 17.5 Å². The summed E-state index contributed by atoms with van der Waals surface area (Å²) in [6.07, 6.45) is -0.0925. The smallest absolute Gasteiger partial charge is 0.307 e. The molecule has 0 aliphatic heterocycles. The van der Waals surface area contributed by atoms with Gasteiger partial charge in [-0.3, -0.25) is 4.79 Å². The topological polar surface area (TPSA) is 83.6 Å². The van der Waals surface area contributed by atoms with Crippen LogP contribution in [0.25, 0.3) is 0 Å². The van der Waals surface area contributed by atoms with Crippen molar-refractivity contribution in [3.05, 3.63) is 29.3 Å². The van der Waals surface area contributed by atoms with Gasteiger partial charge < -0.3 is 15.9 Å². The van der Waals surface area contributed by atoms with Crippen molar-refractivity contribution in [2.75, 3.05) is 0 Å². The van der Waals surface area contributed by atoms with Crippen LogP contribution in [0.1, 0.15) is 31.0 Å². The maximum atomic E-state index is 10.5. The van der Waals surface area contributed by atoms with Gasteiger partial charge in [0.15, 0.2) is 0 Å². The van der Waals surface area contributed by atoms with E-state index >= 15 is 0 Å². The van der Waals surface area contributed by atoms with E-state index in [-0.39, 0.29) is 24.1 Å². The van der Waals surface area contributed by atoms with Crippen molar-refractivity contribution in [1.29, 1.82) is 0 Å². The Hall–Kier alpha value is -1.55. The van der Waals surface area contributed by atoms with Crippen molar-refractivity contribution in [3.63, 3.8) is 0 Å². The summed E-state index contributed by atoms with van der Waals surface area (Å²) in [7, 11) is 0. The molecule has 1 atom stereocenters. The standard InChI is InChI=1S/C12H17NO3/c1-7(2)12(13)9-4-3-8(5-10(9)14)6-11(15)16/h3-5,7,12,14H,6,13H2,1-2H3,(H,15,16)/t12-/m0/s1. The van der Waals surface area contributed by atoms with E-state index in [0.717, 1.165) is 0 Å². The molecule has 0 aromatic heterocycles. The highest BCUT2D eigenvalue weighted by Crippen LogP contribution is 2.28. The van der Waals surface area contributed by atoms with Gasteiger partial charge in [0.25, 0.3) is 0 Å². The number of phenolic OH excluding ortho intramolecular Hbond substituents is 1. The van der Waals surface area contributed by atoms with Crippen molar-refractivity contribution in [1.82, 2.24) is 0 Å². The Balaban J connectivity index is 2.95. The Labute approximate surface area is 94.7 Å². The third kappa shape index (κ3) is 2.97. The van der Waals surface area contributed by atoms with Crippen LogP contribution >= 0.6 is 0 Å². The number of benzene rings is 1. The molecule has 1 rings (SSSR count). The molecule has 0 saturated heterocycles. The predicted octanol–water partition coefficient (Wildman–Crippen LogP) is 1.68. The molecular formula is C12H17NO3. The first kappa shape index (κ1) is 12.5. The van der Waals surface area contributed by atoms with Crippen molar-refractivity contribution in [2.45, 2.75) is 26.3 Å². The van der Waals surface area contributed by atoms with Crippen molar-refractivity contribution in [3.8, 4) is 5.75 Å². The van der Waals surface area contributed by atoms with Crippen molar-refractivity contribution < 1.29 is 15.0 Å². The van der Waals surface area contributed by atoms with Crippen LogP contribution < -0.4 is 5.73 Å². The van der Waals surface area contributed by atoms with Crippen LogP contribution in [0.5, 0.6) is 5.75 Å².